The van der Waals surface area contributed by atoms with Gasteiger partial charge in [0.05, 0.1) is 0 Å². The zero-order valence-corrected chi connectivity index (χ0v) is 12.2. The Morgan fingerprint density at radius 3 is 2.47 bits per heavy atom. The standard InChI is InChI=1S/C15H30N2/c1-5-7-10-17-12-14(3,6-2)16-11-15(17,4)13-8-9-13/h13,16H,5-12H2,1-4H3. The smallest absolute Gasteiger partial charge is 0.0334 e. The molecule has 1 N–H and O–H groups in total. The quantitative estimate of drug-likeness (QED) is 0.792. The van der Waals surface area contributed by atoms with Crippen molar-refractivity contribution in [3.05, 3.63) is 0 Å². The first-order chi connectivity index (χ1) is 8.04. The van der Waals surface area contributed by atoms with E-state index in [2.05, 4.69) is 37.9 Å². The molecule has 2 heteroatoms. The first-order valence-electron chi connectivity index (χ1n) is 7.54. The number of nitrogens with one attached hydrogen (secondary N) is 1. The minimum absolute atomic E-state index is 0.335. The molecule has 0 radical (unpaired) electrons. The monoisotopic (exact) mass is 238 g/mol. The second-order valence-corrected chi connectivity index (χ2v) is 6.67. The van der Waals surface area contributed by atoms with Crippen molar-refractivity contribution in [2.75, 3.05) is 19.6 Å². The normalized spacial score (nSPS) is 39.5. The van der Waals surface area contributed by atoms with Crippen LogP contribution in [0.5, 0.6) is 0 Å². The summed E-state index contributed by atoms with van der Waals surface area (Å²) in [6.07, 6.45) is 6.79. The lowest BCUT2D eigenvalue weighted by atomic mass is 9.84. The Kier molecular flexibility index (Phi) is 3.84. The van der Waals surface area contributed by atoms with Crippen molar-refractivity contribution in [3.63, 3.8) is 0 Å². The SMILES string of the molecule is CCCCN1CC(C)(CC)NCC1(C)C1CC1. The maximum Gasteiger partial charge on any atom is 0.0334 e. The third kappa shape index (κ3) is 2.68. The zero-order valence-electron chi connectivity index (χ0n) is 12.2. The summed E-state index contributed by atoms with van der Waals surface area (Å²) in [4.78, 5) is 2.80. The highest BCUT2D eigenvalue weighted by Crippen LogP contribution is 2.45. The molecule has 0 spiro atoms. The number of rotatable bonds is 5. The minimum atomic E-state index is 0.335. The molecule has 1 aliphatic heterocycles. The molecule has 100 valence electrons. The Morgan fingerprint density at radius 1 is 1.24 bits per heavy atom. The summed E-state index contributed by atoms with van der Waals surface area (Å²) in [5, 5.41) is 3.82. The van der Waals surface area contributed by atoms with Crippen LogP contribution in [-0.4, -0.2) is 35.6 Å². The van der Waals surface area contributed by atoms with Crippen molar-refractivity contribution < 1.29 is 0 Å². The molecule has 17 heavy (non-hydrogen) atoms. The van der Waals surface area contributed by atoms with Crippen molar-refractivity contribution in [3.8, 4) is 0 Å². The lowest BCUT2D eigenvalue weighted by molar-refractivity contribution is 0.00434. The molecule has 0 bridgehead atoms. The fraction of sp³-hybridized carbons (Fsp3) is 1.00. The number of piperazine rings is 1. The van der Waals surface area contributed by atoms with Crippen LogP contribution in [0.2, 0.25) is 0 Å². The summed E-state index contributed by atoms with van der Waals surface area (Å²) in [5.41, 5.74) is 0.770. The van der Waals surface area contributed by atoms with E-state index in [1.165, 1.54) is 51.7 Å². The van der Waals surface area contributed by atoms with Crippen molar-refractivity contribution in [1.29, 1.82) is 0 Å². The van der Waals surface area contributed by atoms with Crippen LogP contribution in [0.1, 0.15) is 59.8 Å². The van der Waals surface area contributed by atoms with E-state index in [1.807, 2.05) is 0 Å². The van der Waals surface area contributed by atoms with Gasteiger partial charge < -0.3 is 5.32 Å². The van der Waals surface area contributed by atoms with E-state index in [1.54, 1.807) is 0 Å². The Bertz CT molecular complexity index is 262. The predicted molar refractivity (Wildman–Crippen MR) is 74.3 cm³/mol. The second-order valence-electron chi connectivity index (χ2n) is 6.67. The molecule has 1 aliphatic carbocycles. The van der Waals surface area contributed by atoms with E-state index >= 15 is 0 Å². The topological polar surface area (TPSA) is 15.3 Å². The molecular weight excluding hydrogens is 208 g/mol. The molecule has 1 saturated heterocycles. The van der Waals surface area contributed by atoms with Gasteiger partial charge >= 0.3 is 0 Å². The van der Waals surface area contributed by atoms with Crippen LogP contribution in [-0.2, 0) is 0 Å². The molecule has 2 nitrogen and oxygen atoms in total. The Labute approximate surface area is 107 Å². The third-order valence-electron chi connectivity index (χ3n) is 5.15. The van der Waals surface area contributed by atoms with Crippen molar-refractivity contribution in [2.45, 2.75) is 70.9 Å². The van der Waals surface area contributed by atoms with Gasteiger partial charge in [0.25, 0.3) is 0 Å². The maximum absolute atomic E-state index is 3.82. The summed E-state index contributed by atoms with van der Waals surface area (Å²) in [6.45, 7) is 13.2. The van der Waals surface area contributed by atoms with E-state index < -0.39 is 0 Å². The van der Waals surface area contributed by atoms with Crippen LogP contribution in [0, 0.1) is 5.92 Å². The van der Waals surface area contributed by atoms with Gasteiger partial charge in [-0.25, -0.2) is 0 Å². The van der Waals surface area contributed by atoms with E-state index in [0.717, 1.165) is 5.92 Å². The zero-order chi connectivity index (χ0) is 12.5. The number of hydrogen-bond acceptors (Lipinski definition) is 2. The maximum atomic E-state index is 3.82. The number of nitrogens with zero attached hydrogens (tertiary/aromatic N) is 1. The summed E-state index contributed by atoms with van der Waals surface area (Å²) < 4.78 is 0. The number of hydrogen-bond donors (Lipinski definition) is 1. The van der Waals surface area contributed by atoms with Gasteiger partial charge in [-0.05, 0) is 52.0 Å². The average molecular weight is 238 g/mol. The summed E-state index contributed by atoms with van der Waals surface area (Å²) >= 11 is 0. The van der Waals surface area contributed by atoms with Crippen molar-refractivity contribution in [2.24, 2.45) is 5.92 Å². The second kappa shape index (κ2) is 4.89. The van der Waals surface area contributed by atoms with Crippen LogP contribution >= 0.6 is 0 Å². The molecule has 1 saturated carbocycles. The molecule has 2 atom stereocenters. The Balaban J connectivity index is 2.06. The Morgan fingerprint density at radius 2 is 1.94 bits per heavy atom. The van der Waals surface area contributed by atoms with Crippen LogP contribution in [0.15, 0.2) is 0 Å². The summed E-state index contributed by atoms with van der Waals surface area (Å²) in [7, 11) is 0. The van der Waals surface area contributed by atoms with Crippen molar-refractivity contribution >= 4 is 0 Å². The summed E-state index contributed by atoms with van der Waals surface area (Å²) in [6, 6.07) is 0. The minimum Gasteiger partial charge on any atom is -0.308 e. The van der Waals surface area contributed by atoms with Crippen LogP contribution in [0.25, 0.3) is 0 Å². The first-order valence-corrected chi connectivity index (χ1v) is 7.54. The molecule has 0 aromatic rings. The molecule has 0 aromatic carbocycles. The van der Waals surface area contributed by atoms with Gasteiger partial charge in [-0.15, -0.1) is 0 Å². The lowest BCUT2D eigenvalue weighted by Gasteiger charge is -2.53. The molecule has 2 fully saturated rings. The summed E-state index contributed by atoms with van der Waals surface area (Å²) in [5.74, 6) is 0.952. The molecule has 1 heterocycles. The van der Waals surface area contributed by atoms with Gasteiger partial charge in [-0.1, -0.05) is 20.3 Å². The largest absolute Gasteiger partial charge is 0.308 e. The van der Waals surface area contributed by atoms with Crippen molar-refractivity contribution in [1.82, 2.24) is 10.2 Å². The fourth-order valence-corrected chi connectivity index (χ4v) is 3.19. The predicted octanol–water partition coefficient (Wildman–Crippen LogP) is 3.03. The Hall–Kier alpha value is -0.0800. The van der Waals surface area contributed by atoms with Gasteiger partial charge in [0.15, 0.2) is 0 Å². The highest BCUT2D eigenvalue weighted by atomic mass is 15.3. The average Bonchev–Trinajstić information content (AvgIpc) is 3.15. The molecule has 0 aromatic heterocycles. The van der Waals surface area contributed by atoms with E-state index in [0.29, 0.717) is 11.1 Å². The molecule has 2 rings (SSSR count). The fourth-order valence-electron chi connectivity index (χ4n) is 3.19. The van der Waals surface area contributed by atoms with E-state index in [4.69, 9.17) is 0 Å². The molecule has 2 aliphatic rings. The van der Waals surface area contributed by atoms with Crippen LogP contribution in [0.4, 0.5) is 0 Å². The van der Waals surface area contributed by atoms with Crippen LogP contribution in [0.3, 0.4) is 0 Å². The highest BCUT2D eigenvalue weighted by molar-refractivity contribution is 5.07. The van der Waals surface area contributed by atoms with Gasteiger partial charge in [0.1, 0.15) is 0 Å². The molecule has 2 unspecified atom stereocenters. The van der Waals surface area contributed by atoms with Gasteiger partial charge in [-0.2, -0.15) is 0 Å². The molecular formula is C15H30N2. The van der Waals surface area contributed by atoms with E-state index in [9.17, 15) is 0 Å². The van der Waals surface area contributed by atoms with Gasteiger partial charge in [0, 0.05) is 24.2 Å². The number of unbranched alkanes of at least 4 members (excludes halogenated alkanes) is 1. The molecule has 0 amide bonds. The third-order valence-corrected chi connectivity index (χ3v) is 5.15. The van der Waals surface area contributed by atoms with Gasteiger partial charge in [0.2, 0.25) is 0 Å². The first kappa shape index (κ1) is 13.4. The van der Waals surface area contributed by atoms with Gasteiger partial charge in [-0.3, -0.25) is 4.90 Å². The van der Waals surface area contributed by atoms with E-state index in [-0.39, 0.29) is 0 Å². The lowest BCUT2D eigenvalue weighted by Crippen LogP contribution is -2.68. The highest BCUT2D eigenvalue weighted by Gasteiger charge is 2.49. The van der Waals surface area contributed by atoms with Crippen LogP contribution < -0.4 is 5.32 Å².